The van der Waals surface area contributed by atoms with Crippen molar-refractivity contribution in [1.29, 1.82) is 0 Å². The summed E-state index contributed by atoms with van der Waals surface area (Å²) in [7, 11) is 0. The van der Waals surface area contributed by atoms with Gasteiger partial charge < -0.3 is 4.74 Å². The topological polar surface area (TPSA) is 51.2 Å². The van der Waals surface area contributed by atoms with Gasteiger partial charge >= 0.3 is 6.09 Å². The standard InChI is InChI=1S/C10H13N2O2/c1-10(2,3)14-9(13)12-8-6-4-5-7-11-8/h4-5,7H,1-3H3,(H,11,12,13). The number of hydrogen-bond donors (Lipinski definition) is 1. The van der Waals surface area contributed by atoms with Crippen molar-refractivity contribution in [1.82, 2.24) is 4.98 Å². The van der Waals surface area contributed by atoms with Crippen molar-refractivity contribution in [3.8, 4) is 0 Å². The second-order valence-electron chi connectivity index (χ2n) is 3.76. The predicted molar refractivity (Wildman–Crippen MR) is 52.9 cm³/mol. The van der Waals surface area contributed by atoms with E-state index in [0.29, 0.717) is 5.82 Å². The lowest BCUT2D eigenvalue weighted by Crippen LogP contribution is -2.27. The summed E-state index contributed by atoms with van der Waals surface area (Å²) in [5, 5.41) is 2.47. The molecule has 14 heavy (non-hydrogen) atoms. The van der Waals surface area contributed by atoms with E-state index >= 15 is 0 Å². The number of carbonyl (C=O) groups excluding carboxylic acids is 1. The second kappa shape index (κ2) is 4.09. The van der Waals surface area contributed by atoms with Gasteiger partial charge in [0.2, 0.25) is 0 Å². The van der Waals surface area contributed by atoms with Gasteiger partial charge in [-0.05, 0) is 32.9 Å². The molecule has 1 amide bonds. The minimum absolute atomic E-state index is 0.363. The monoisotopic (exact) mass is 193 g/mol. The average molecular weight is 193 g/mol. The quantitative estimate of drug-likeness (QED) is 0.744. The highest BCUT2D eigenvalue weighted by Crippen LogP contribution is 2.08. The molecule has 0 saturated carbocycles. The minimum atomic E-state index is -0.521. The molecule has 1 heterocycles. The van der Waals surface area contributed by atoms with Gasteiger partial charge in [0, 0.05) is 12.3 Å². The number of ether oxygens (including phenoxy) is 1. The maximum absolute atomic E-state index is 11.2. The third kappa shape index (κ3) is 3.89. The van der Waals surface area contributed by atoms with E-state index < -0.39 is 11.7 Å². The molecule has 0 atom stereocenters. The van der Waals surface area contributed by atoms with Gasteiger partial charge in [0.05, 0.1) is 0 Å². The number of pyridine rings is 1. The van der Waals surface area contributed by atoms with Crippen LogP contribution in [0.15, 0.2) is 18.3 Å². The molecule has 0 aliphatic heterocycles. The zero-order valence-corrected chi connectivity index (χ0v) is 8.50. The Balaban J connectivity index is 2.50. The summed E-state index contributed by atoms with van der Waals surface area (Å²) in [6, 6.07) is 6.15. The Bertz CT molecular complexity index is 304. The van der Waals surface area contributed by atoms with Gasteiger partial charge in [0.25, 0.3) is 0 Å². The van der Waals surface area contributed by atoms with Gasteiger partial charge in [0.1, 0.15) is 11.4 Å². The zero-order valence-electron chi connectivity index (χ0n) is 8.50. The molecule has 1 radical (unpaired) electrons. The van der Waals surface area contributed by atoms with Gasteiger partial charge in [-0.15, -0.1) is 0 Å². The first-order valence-corrected chi connectivity index (χ1v) is 4.30. The lowest BCUT2D eigenvalue weighted by molar-refractivity contribution is 0.0635. The van der Waals surface area contributed by atoms with Crippen LogP contribution in [0, 0.1) is 6.07 Å². The number of anilines is 1. The molecule has 0 unspecified atom stereocenters. The lowest BCUT2D eigenvalue weighted by atomic mass is 10.2. The van der Waals surface area contributed by atoms with E-state index in [2.05, 4.69) is 16.4 Å². The third-order valence-electron chi connectivity index (χ3n) is 1.23. The number of hydrogen-bond acceptors (Lipinski definition) is 3. The number of nitrogens with zero attached hydrogens (tertiary/aromatic N) is 1. The maximum Gasteiger partial charge on any atom is 0.413 e. The van der Waals surface area contributed by atoms with Crippen LogP contribution in [0.3, 0.4) is 0 Å². The molecule has 1 aromatic rings. The number of amides is 1. The fourth-order valence-electron chi connectivity index (χ4n) is 0.794. The Morgan fingerprint density at radius 3 is 2.79 bits per heavy atom. The first-order chi connectivity index (χ1) is 6.47. The summed E-state index contributed by atoms with van der Waals surface area (Å²) in [6.07, 6.45) is 1.05. The summed E-state index contributed by atoms with van der Waals surface area (Å²) in [5.41, 5.74) is -0.501. The Kier molecular flexibility index (Phi) is 3.06. The van der Waals surface area contributed by atoms with Gasteiger partial charge in [-0.2, -0.15) is 0 Å². The van der Waals surface area contributed by atoms with E-state index in [1.54, 1.807) is 39.1 Å². The number of rotatable bonds is 1. The highest BCUT2D eigenvalue weighted by atomic mass is 16.6. The van der Waals surface area contributed by atoms with Crippen LogP contribution < -0.4 is 5.32 Å². The van der Waals surface area contributed by atoms with Crippen LogP contribution in [-0.4, -0.2) is 16.7 Å². The summed E-state index contributed by atoms with van der Waals surface area (Å²) in [6.45, 7) is 5.40. The molecule has 1 N–H and O–H groups in total. The molecule has 1 aromatic heterocycles. The molecule has 0 spiro atoms. The first-order valence-electron chi connectivity index (χ1n) is 4.30. The van der Waals surface area contributed by atoms with Crippen LogP contribution in [0.4, 0.5) is 10.6 Å². The second-order valence-corrected chi connectivity index (χ2v) is 3.76. The van der Waals surface area contributed by atoms with E-state index in [-0.39, 0.29) is 0 Å². The third-order valence-corrected chi connectivity index (χ3v) is 1.23. The summed E-state index contributed by atoms with van der Waals surface area (Å²) in [5.74, 6) is 0.363. The van der Waals surface area contributed by atoms with E-state index in [1.807, 2.05) is 0 Å². The van der Waals surface area contributed by atoms with Crippen molar-refractivity contribution in [3.63, 3.8) is 0 Å². The number of nitrogens with one attached hydrogen (secondary N) is 1. The Morgan fingerprint density at radius 1 is 1.57 bits per heavy atom. The largest absolute Gasteiger partial charge is 0.444 e. The fraction of sp³-hybridized carbons (Fsp3) is 0.400. The molecule has 0 fully saturated rings. The normalized spacial score (nSPS) is 10.8. The molecule has 0 aliphatic rings. The summed E-state index contributed by atoms with van der Waals surface area (Å²) >= 11 is 0. The highest BCUT2D eigenvalue weighted by molar-refractivity contribution is 5.83. The molecular weight excluding hydrogens is 180 g/mol. The zero-order chi connectivity index (χ0) is 10.6. The molecular formula is C10H13N2O2. The van der Waals surface area contributed by atoms with Crippen LogP contribution in [0.25, 0.3) is 0 Å². The molecule has 0 saturated heterocycles. The molecule has 0 bridgehead atoms. The maximum atomic E-state index is 11.2. The average Bonchev–Trinajstić information content (AvgIpc) is 2.02. The fourth-order valence-corrected chi connectivity index (χ4v) is 0.794. The van der Waals surface area contributed by atoms with Gasteiger partial charge in [-0.25, -0.2) is 9.78 Å². The summed E-state index contributed by atoms with van der Waals surface area (Å²) < 4.78 is 5.03. The predicted octanol–water partition coefficient (Wildman–Crippen LogP) is 2.23. The van der Waals surface area contributed by atoms with Crippen molar-refractivity contribution in [2.24, 2.45) is 0 Å². The molecule has 0 aromatic carbocycles. The SMILES string of the molecule is CC(C)(C)OC(=O)Nc1[c]cccn1. The van der Waals surface area contributed by atoms with Crippen LogP contribution in [0.5, 0.6) is 0 Å². The Hall–Kier alpha value is -1.58. The molecule has 75 valence electrons. The molecule has 4 heteroatoms. The van der Waals surface area contributed by atoms with Gasteiger partial charge in [-0.1, -0.05) is 0 Å². The number of carbonyl (C=O) groups is 1. The van der Waals surface area contributed by atoms with Crippen molar-refractivity contribution in [2.45, 2.75) is 26.4 Å². The van der Waals surface area contributed by atoms with Crippen LogP contribution in [-0.2, 0) is 4.74 Å². The van der Waals surface area contributed by atoms with E-state index in [1.165, 1.54) is 0 Å². The first kappa shape index (κ1) is 10.5. The van der Waals surface area contributed by atoms with E-state index in [9.17, 15) is 4.79 Å². The summed E-state index contributed by atoms with van der Waals surface area (Å²) in [4.78, 5) is 15.1. The van der Waals surface area contributed by atoms with Crippen LogP contribution in [0.2, 0.25) is 0 Å². The van der Waals surface area contributed by atoms with Crippen molar-refractivity contribution in [2.75, 3.05) is 5.32 Å². The molecule has 0 aliphatic carbocycles. The van der Waals surface area contributed by atoms with Crippen molar-refractivity contribution >= 4 is 11.9 Å². The lowest BCUT2D eigenvalue weighted by Gasteiger charge is -2.19. The smallest absolute Gasteiger partial charge is 0.413 e. The van der Waals surface area contributed by atoms with Crippen molar-refractivity contribution in [3.05, 3.63) is 24.4 Å². The minimum Gasteiger partial charge on any atom is -0.444 e. The Labute approximate surface area is 83.3 Å². The Morgan fingerprint density at radius 2 is 2.29 bits per heavy atom. The highest BCUT2D eigenvalue weighted by Gasteiger charge is 2.16. The molecule has 1 rings (SSSR count). The molecule has 4 nitrogen and oxygen atoms in total. The number of aromatic nitrogens is 1. The van der Waals surface area contributed by atoms with Crippen molar-refractivity contribution < 1.29 is 9.53 Å². The van der Waals surface area contributed by atoms with Crippen LogP contribution in [0.1, 0.15) is 20.8 Å². The van der Waals surface area contributed by atoms with E-state index in [0.717, 1.165) is 0 Å². The van der Waals surface area contributed by atoms with Gasteiger partial charge in [-0.3, -0.25) is 5.32 Å². The van der Waals surface area contributed by atoms with Gasteiger partial charge in [0.15, 0.2) is 0 Å². The van der Waals surface area contributed by atoms with Crippen LogP contribution >= 0.6 is 0 Å². The van der Waals surface area contributed by atoms with E-state index in [4.69, 9.17) is 4.74 Å².